The zero-order chi connectivity index (χ0) is 10.0. The average Bonchev–Trinajstić information content (AvgIpc) is 2.57. The molecule has 1 aliphatic carbocycles. The summed E-state index contributed by atoms with van der Waals surface area (Å²) >= 11 is 0. The molecule has 4 aliphatic heterocycles. The third-order valence-electron chi connectivity index (χ3n) is 4.58. The Kier molecular flexibility index (Phi) is 1.45. The van der Waals surface area contributed by atoms with Crippen molar-refractivity contribution in [2.75, 3.05) is 19.6 Å². The minimum absolute atomic E-state index is 0.197. The lowest BCUT2D eigenvalue weighted by Crippen LogP contribution is -2.66. The van der Waals surface area contributed by atoms with Crippen LogP contribution in [0.1, 0.15) is 19.8 Å². The number of hydrogen-bond acceptors (Lipinski definition) is 4. The number of nitrogens with one attached hydrogen (secondary N) is 1. The van der Waals surface area contributed by atoms with Crippen molar-refractivity contribution in [2.24, 2.45) is 22.7 Å². The molecule has 4 bridgehead atoms. The zero-order valence-electron chi connectivity index (χ0n) is 9.07. The summed E-state index contributed by atoms with van der Waals surface area (Å²) in [4.78, 5) is 13.2. The fraction of sp³-hybridized carbons (Fsp3) is 0.909. The van der Waals surface area contributed by atoms with Crippen molar-refractivity contribution in [1.29, 1.82) is 0 Å². The highest BCUT2D eigenvalue weighted by atomic mass is 16.7. The lowest BCUT2D eigenvalue weighted by molar-refractivity contribution is -0.212. The summed E-state index contributed by atoms with van der Waals surface area (Å²) in [7, 11) is 0. The van der Waals surface area contributed by atoms with Gasteiger partial charge < -0.3 is 4.90 Å². The molecule has 0 radical (unpaired) electrons. The summed E-state index contributed by atoms with van der Waals surface area (Å²) in [5.74, 6) is 3.10. The van der Waals surface area contributed by atoms with Crippen molar-refractivity contribution in [3.63, 3.8) is 0 Å². The second-order valence-electron chi connectivity index (χ2n) is 5.60. The van der Waals surface area contributed by atoms with Crippen molar-refractivity contribution in [2.45, 2.75) is 25.5 Å². The molecule has 4 nitrogen and oxygen atoms in total. The molecule has 82 valence electrons. The number of nitrogens with zero attached hydrogens (tertiary/aromatic N) is 2. The monoisotopic (exact) mass is 207 g/mol. The van der Waals surface area contributed by atoms with E-state index in [0.717, 1.165) is 11.8 Å². The first-order valence-corrected chi connectivity index (χ1v) is 5.99. The van der Waals surface area contributed by atoms with E-state index in [1.165, 1.54) is 32.5 Å². The second-order valence-corrected chi connectivity index (χ2v) is 5.60. The summed E-state index contributed by atoms with van der Waals surface area (Å²) in [6.07, 6.45) is 2.62. The van der Waals surface area contributed by atoms with Gasteiger partial charge in [-0.15, -0.1) is 0 Å². The van der Waals surface area contributed by atoms with Crippen LogP contribution in [0.25, 0.3) is 0 Å². The first-order chi connectivity index (χ1) is 7.26. The maximum absolute atomic E-state index is 5.85. The fourth-order valence-electron chi connectivity index (χ4n) is 4.16. The largest absolute Gasteiger partial charge is 0.302 e. The molecule has 4 fully saturated rings. The molecule has 1 spiro atoms. The highest BCUT2D eigenvalue weighted by Gasteiger charge is 2.60. The number of amidine groups is 1. The Hall–Kier alpha value is -0.610. The van der Waals surface area contributed by atoms with Gasteiger partial charge in [0.05, 0.1) is 0 Å². The van der Waals surface area contributed by atoms with Gasteiger partial charge >= 0.3 is 0 Å². The Labute approximate surface area is 89.6 Å². The molecule has 1 N–H and O–H groups in total. The van der Waals surface area contributed by atoms with E-state index in [2.05, 4.69) is 10.4 Å². The van der Waals surface area contributed by atoms with Crippen LogP contribution in [0.4, 0.5) is 0 Å². The minimum Gasteiger partial charge on any atom is -0.302 e. The van der Waals surface area contributed by atoms with Crippen molar-refractivity contribution in [1.82, 2.24) is 10.4 Å². The molecule has 5 aliphatic rings. The van der Waals surface area contributed by atoms with E-state index in [1.807, 2.05) is 6.92 Å². The predicted octanol–water partition coefficient (Wildman–Crippen LogP) is 0.607. The number of hydroxylamine groups is 1. The molecule has 3 saturated heterocycles. The molecule has 0 aromatic heterocycles. The molecule has 2 unspecified atom stereocenters. The maximum atomic E-state index is 5.85. The van der Waals surface area contributed by atoms with Crippen LogP contribution in [-0.2, 0) is 4.84 Å². The van der Waals surface area contributed by atoms with Gasteiger partial charge in [0, 0.05) is 31.5 Å². The standard InChI is InChI=1S/C11H17N3O/c1-7-12-11(15-13-7)9-2-8-3-10(11)6-14(4-8)5-9/h8-10H,2-6H2,1H3,(H,12,13). The molecular weight excluding hydrogens is 190 g/mol. The number of rotatable bonds is 0. The average molecular weight is 207 g/mol. The SMILES string of the molecule is CC1=NC2(ON1)C1CC3CC2CN(C3)C1. The number of piperidine rings is 3. The van der Waals surface area contributed by atoms with E-state index in [-0.39, 0.29) is 5.72 Å². The quantitative estimate of drug-likeness (QED) is 0.632. The molecule has 0 amide bonds. The molecule has 0 aromatic rings. The minimum atomic E-state index is -0.197. The lowest BCUT2D eigenvalue weighted by Gasteiger charge is -2.58. The smallest absolute Gasteiger partial charge is 0.195 e. The van der Waals surface area contributed by atoms with E-state index in [4.69, 9.17) is 9.83 Å². The van der Waals surface area contributed by atoms with Gasteiger partial charge in [0.25, 0.3) is 0 Å². The van der Waals surface area contributed by atoms with Gasteiger partial charge in [0.1, 0.15) is 5.84 Å². The first-order valence-electron chi connectivity index (χ1n) is 5.99. The zero-order valence-corrected chi connectivity index (χ0v) is 9.07. The summed E-state index contributed by atoms with van der Waals surface area (Å²) in [6, 6.07) is 0. The Bertz CT molecular complexity index is 311. The van der Waals surface area contributed by atoms with Crippen LogP contribution < -0.4 is 5.48 Å². The normalized spacial score (nSPS) is 55.9. The van der Waals surface area contributed by atoms with Crippen LogP contribution in [0.5, 0.6) is 0 Å². The summed E-state index contributed by atoms with van der Waals surface area (Å²) in [6.45, 7) is 5.69. The van der Waals surface area contributed by atoms with Crippen LogP contribution >= 0.6 is 0 Å². The summed E-state index contributed by atoms with van der Waals surface area (Å²) in [5, 5.41) is 0. The van der Waals surface area contributed by atoms with Crippen LogP contribution in [0.2, 0.25) is 0 Å². The molecule has 4 heterocycles. The maximum Gasteiger partial charge on any atom is 0.195 e. The third kappa shape index (κ3) is 0.967. The summed E-state index contributed by atoms with van der Waals surface area (Å²) < 4.78 is 0. The van der Waals surface area contributed by atoms with Gasteiger partial charge in [-0.05, 0) is 25.7 Å². The van der Waals surface area contributed by atoms with E-state index >= 15 is 0 Å². The Balaban J connectivity index is 1.76. The van der Waals surface area contributed by atoms with Crippen LogP contribution in [0.3, 0.4) is 0 Å². The lowest BCUT2D eigenvalue weighted by atomic mass is 9.63. The van der Waals surface area contributed by atoms with E-state index in [0.29, 0.717) is 11.8 Å². The topological polar surface area (TPSA) is 36.9 Å². The second kappa shape index (κ2) is 2.55. The van der Waals surface area contributed by atoms with Crippen LogP contribution in [-0.4, -0.2) is 36.1 Å². The van der Waals surface area contributed by atoms with Gasteiger partial charge in [-0.2, -0.15) is 0 Å². The predicted molar refractivity (Wildman–Crippen MR) is 56.2 cm³/mol. The highest BCUT2D eigenvalue weighted by Crippen LogP contribution is 2.52. The van der Waals surface area contributed by atoms with Crippen molar-refractivity contribution in [3.05, 3.63) is 0 Å². The van der Waals surface area contributed by atoms with Gasteiger partial charge in [-0.1, -0.05) is 0 Å². The van der Waals surface area contributed by atoms with Crippen LogP contribution in [0, 0.1) is 17.8 Å². The van der Waals surface area contributed by atoms with Crippen molar-refractivity contribution in [3.8, 4) is 0 Å². The van der Waals surface area contributed by atoms with Crippen molar-refractivity contribution < 1.29 is 4.84 Å². The Morgan fingerprint density at radius 1 is 1.33 bits per heavy atom. The van der Waals surface area contributed by atoms with Gasteiger partial charge in [-0.3, -0.25) is 5.48 Å². The van der Waals surface area contributed by atoms with Crippen LogP contribution in [0.15, 0.2) is 4.99 Å². The van der Waals surface area contributed by atoms with Gasteiger partial charge in [0.15, 0.2) is 5.72 Å². The van der Waals surface area contributed by atoms with E-state index in [9.17, 15) is 0 Å². The van der Waals surface area contributed by atoms with Gasteiger partial charge in [-0.25, -0.2) is 9.83 Å². The molecular formula is C11H17N3O. The first kappa shape index (κ1) is 8.53. The highest BCUT2D eigenvalue weighted by molar-refractivity contribution is 5.80. The number of aliphatic imine (C=N–C) groups is 1. The molecule has 4 heteroatoms. The summed E-state index contributed by atoms with van der Waals surface area (Å²) in [5.41, 5.74) is 2.77. The molecule has 1 saturated carbocycles. The Morgan fingerprint density at radius 3 is 2.60 bits per heavy atom. The third-order valence-corrected chi connectivity index (χ3v) is 4.58. The number of hydrogen-bond donors (Lipinski definition) is 1. The molecule has 5 rings (SSSR count). The molecule has 2 atom stereocenters. The molecule has 15 heavy (non-hydrogen) atoms. The van der Waals surface area contributed by atoms with E-state index in [1.54, 1.807) is 0 Å². The van der Waals surface area contributed by atoms with E-state index < -0.39 is 0 Å². The molecule has 0 aromatic carbocycles. The Morgan fingerprint density at radius 2 is 2.07 bits per heavy atom. The van der Waals surface area contributed by atoms with Crippen molar-refractivity contribution >= 4 is 5.84 Å². The fourth-order valence-corrected chi connectivity index (χ4v) is 4.16. The van der Waals surface area contributed by atoms with Gasteiger partial charge in [0.2, 0.25) is 0 Å².